The smallest absolute Gasteiger partial charge is 0.315 e. The van der Waals surface area contributed by atoms with Crippen molar-refractivity contribution in [3.8, 4) is 17.2 Å². The number of methoxy groups -OCH3 is 1. The molecule has 27 heavy (non-hydrogen) atoms. The third kappa shape index (κ3) is 3.94. The molecule has 0 radical (unpaired) electrons. The lowest BCUT2D eigenvalue weighted by molar-refractivity contribution is 0.174. The average molecular weight is 368 g/mol. The predicted octanol–water partition coefficient (Wildman–Crippen LogP) is 3.94. The summed E-state index contributed by atoms with van der Waals surface area (Å²) < 4.78 is 16.0. The summed E-state index contributed by atoms with van der Waals surface area (Å²) in [5.74, 6) is 2.76. The normalized spacial score (nSPS) is 17.1. The molecule has 1 fully saturated rings. The topological polar surface area (TPSA) is 68.8 Å². The molecular weight excluding hydrogens is 344 g/mol. The van der Waals surface area contributed by atoms with Gasteiger partial charge in [0.15, 0.2) is 11.5 Å². The number of fused-ring (bicyclic) bond motifs is 1. The quantitative estimate of drug-likeness (QED) is 0.810. The molecule has 0 aromatic heterocycles. The van der Waals surface area contributed by atoms with E-state index in [4.69, 9.17) is 14.2 Å². The van der Waals surface area contributed by atoms with Crippen LogP contribution in [0.3, 0.4) is 0 Å². The molecule has 6 nitrogen and oxygen atoms in total. The van der Waals surface area contributed by atoms with Crippen molar-refractivity contribution < 1.29 is 19.0 Å². The van der Waals surface area contributed by atoms with Crippen LogP contribution in [0.15, 0.2) is 42.5 Å². The molecule has 0 saturated heterocycles. The van der Waals surface area contributed by atoms with E-state index in [1.807, 2.05) is 49.4 Å². The van der Waals surface area contributed by atoms with E-state index in [-0.39, 0.29) is 24.9 Å². The highest BCUT2D eigenvalue weighted by Gasteiger charge is 2.33. The van der Waals surface area contributed by atoms with Gasteiger partial charge in [-0.05, 0) is 61.1 Å². The molecule has 142 valence electrons. The number of amides is 2. The Morgan fingerprint density at radius 1 is 1.04 bits per heavy atom. The molecule has 2 unspecified atom stereocenters. The molecule has 2 aromatic carbocycles. The van der Waals surface area contributed by atoms with Crippen LogP contribution in [0.1, 0.15) is 43.0 Å². The molecule has 1 aliphatic carbocycles. The van der Waals surface area contributed by atoms with Gasteiger partial charge in [0.2, 0.25) is 6.79 Å². The fourth-order valence-corrected chi connectivity index (χ4v) is 3.36. The summed E-state index contributed by atoms with van der Waals surface area (Å²) in [7, 11) is 1.65. The summed E-state index contributed by atoms with van der Waals surface area (Å²) in [5.41, 5.74) is 2.08. The fourth-order valence-electron chi connectivity index (χ4n) is 3.36. The number of ether oxygens (including phenoxy) is 3. The first kappa shape index (κ1) is 17.5. The van der Waals surface area contributed by atoms with E-state index in [9.17, 15) is 4.79 Å². The molecule has 4 rings (SSSR count). The third-order valence-corrected chi connectivity index (χ3v) is 5.10. The molecule has 2 atom stereocenters. The van der Waals surface area contributed by atoms with Gasteiger partial charge in [0.05, 0.1) is 19.2 Å². The van der Waals surface area contributed by atoms with Gasteiger partial charge in [-0.1, -0.05) is 18.2 Å². The zero-order valence-corrected chi connectivity index (χ0v) is 15.5. The van der Waals surface area contributed by atoms with E-state index in [1.165, 1.54) is 0 Å². The van der Waals surface area contributed by atoms with Crippen LogP contribution < -0.4 is 24.8 Å². The Hall–Kier alpha value is -2.89. The number of carbonyl (C=O) groups excluding carboxylic acids is 1. The zero-order valence-electron chi connectivity index (χ0n) is 15.5. The Morgan fingerprint density at radius 3 is 2.44 bits per heavy atom. The van der Waals surface area contributed by atoms with Gasteiger partial charge in [-0.15, -0.1) is 0 Å². The molecule has 2 aromatic rings. The molecular formula is C21H24N2O4. The second-order valence-electron chi connectivity index (χ2n) is 7.04. The number of carbonyl (C=O) groups is 1. The van der Waals surface area contributed by atoms with Crippen LogP contribution in [0.25, 0.3) is 0 Å². The first-order valence-corrected chi connectivity index (χ1v) is 9.24. The van der Waals surface area contributed by atoms with E-state index in [1.54, 1.807) is 7.11 Å². The van der Waals surface area contributed by atoms with E-state index < -0.39 is 0 Å². The number of hydrogen-bond acceptors (Lipinski definition) is 4. The van der Waals surface area contributed by atoms with E-state index >= 15 is 0 Å². The summed E-state index contributed by atoms with van der Waals surface area (Å²) in [6.45, 7) is 2.20. The van der Waals surface area contributed by atoms with Crippen molar-refractivity contribution in [3.63, 3.8) is 0 Å². The van der Waals surface area contributed by atoms with Crippen molar-refractivity contribution in [2.24, 2.45) is 5.92 Å². The Kier molecular flexibility index (Phi) is 4.79. The van der Waals surface area contributed by atoms with E-state index in [0.29, 0.717) is 5.92 Å². The second kappa shape index (κ2) is 7.39. The summed E-state index contributed by atoms with van der Waals surface area (Å²) in [4.78, 5) is 12.6. The highest BCUT2D eigenvalue weighted by molar-refractivity contribution is 5.75. The highest BCUT2D eigenvalue weighted by atomic mass is 16.7. The average Bonchev–Trinajstić information content (AvgIpc) is 3.42. The molecule has 2 amide bonds. The first-order valence-electron chi connectivity index (χ1n) is 9.24. The lowest BCUT2D eigenvalue weighted by atomic mass is 10.0. The van der Waals surface area contributed by atoms with Gasteiger partial charge in [-0.3, -0.25) is 0 Å². The van der Waals surface area contributed by atoms with Crippen molar-refractivity contribution >= 4 is 6.03 Å². The monoisotopic (exact) mass is 368 g/mol. The molecule has 0 bridgehead atoms. The summed E-state index contributed by atoms with van der Waals surface area (Å²) >= 11 is 0. The van der Waals surface area contributed by atoms with Crippen LogP contribution in [0.4, 0.5) is 4.79 Å². The molecule has 2 N–H and O–H groups in total. The Balaban J connectivity index is 1.40. The van der Waals surface area contributed by atoms with Gasteiger partial charge >= 0.3 is 6.03 Å². The zero-order chi connectivity index (χ0) is 18.8. The van der Waals surface area contributed by atoms with Crippen LogP contribution >= 0.6 is 0 Å². The summed E-state index contributed by atoms with van der Waals surface area (Å²) in [5, 5.41) is 6.16. The van der Waals surface area contributed by atoms with Crippen molar-refractivity contribution in [2.45, 2.75) is 31.8 Å². The van der Waals surface area contributed by atoms with Crippen molar-refractivity contribution in [2.75, 3.05) is 13.9 Å². The maximum absolute atomic E-state index is 12.6. The lowest BCUT2D eigenvalue weighted by Crippen LogP contribution is -2.39. The van der Waals surface area contributed by atoms with Gasteiger partial charge in [0, 0.05) is 0 Å². The molecule has 1 aliphatic heterocycles. The maximum Gasteiger partial charge on any atom is 0.315 e. The van der Waals surface area contributed by atoms with Crippen molar-refractivity contribution in [1.82, 2.24) is 10.6 Å². The van der Waals surface area contributed by atoms with Crippen molar-refractivity contribution in [3.05, 3.63) is 53.6 Å². The SMILES string of the molecule is COc1ccc(C(NC(=O)NC(C)c2ccc3c(c2)OCO3)C2CC2)cc1. The van der Waals surface area contributed by atoms with Gasteiger partial charge in [-0.2, -0.15) is 0 Å². The predicted molar refractivity (Wildman–Crippen MR) is 101 cm³/mol. The van der Waals surface area contributed by atoms with Gasteiger partial charge < -0.3 is 24.8 Å². The number of benzene rings is 2. The van der Waals surface area contributed by atoms with E-state index in [2.05, 4.69) is 10.6 Å². The first-order chi connectivity index (χ1) is 13.1. The van der Waals surface area contributed by atoms with Crippen LogP contribution in [-0.2, 0) is 0 Å². The fraction of sp³-hybridized carbons (Fsp3) is 0.381. The van der Waals surface area contributed by atoms with Crippen LogP contribution in [0.2, 0.25) is 0 Å². The molecule has 2 aliphatic rings. The summed E-state index contributed by atoms with van der Waals surface area (Å²) in [6.07, 6.45) is 2.27. The maximum atomic E-state index is 12.6. The minimum absolute atomic E-state index is 0.0138. The lowest BCUT2D eigenvalue weighted by Gasteiger charge is -2.22. The standard InChI is InChI=1S/C21H24N2O4/c1-13(16-7-10-18-19(11-16)27-12-26-18)22-21(24)23-20(14-3-4-14)15-5-8-17(25-2)9-6-15/h5-11,13-14,20H,3-4,12H2,1-2H3,(H2,22,23,24). The van der Waals surface area contributed by atoms with Crippen molar-refractivity contribution in [1.29, 1.82) is 0 Å². The van der Waals surface area contributed by atoms with E-state index in [0.717, 1.165) is 41.2 Å². The number of hydrogen-bond donors (Lipinski definition) is 2. The van der Waals surface area contributed by atoms with Crippen LogP contribution in [-0.4, -0.2) is 19.9 Å². The largest absolute Gasteiger partial charge is 0.497 e. The van der Waals surface area contributed by atoms with Crippen LogP contribution in [0, 0.1) is 5.92 Å². The van der Waals surface area contributed by atoms with Gasteiger partial charge in [0.1, 0.15) is 5.75 Å². The molecule has 0 spiro atoms. The van der Waals surface area contributed by atoms with Gasteiger partial charge in [-0.25, -0.2) is 4.79 Å². The molecule has 1 heterocycles. The van der Waals surface area contributed by atoms with Gasteiger partial charge in [0.25, 0.3) is 0 Å². The Bertz CT molecular complexity index is 817. The molecule has 1 saturated carbocycles. The third-order valence-electron chi connectivity index (χ3n) is 5.10. The Morgan fingerprint density at radius 2 is 1.74 bits per heavy atom. The summed E-state index contributed by atoms with van der Waals surface area (Å²) in [6, 6.07) is 13.3. The van der Waals surface area contributed by atoms with Crippen LogP contribution in [0.5, 0.6) is 17.2 Å². The molecule has 6 heteroatoms. The second-order valence-corrected chi connectivity index (χ2v) is 7.04. The number of nitrogens with one attached hydrogen (secondary N) is 2. The minimum atomic E-state index is -0.173. The minimum Gasteiger partial charge on any atom is -0.497 e. The number of urea groups is 1. The Labute approximate surface area is 158 Å². The highest BCUT2D eigenvalue weighted by Crippen LogP contribution is 2.41. The number of rotatable bonds is 6.